The highest BCUT2D eigenvalue weighted by molar-refractivity contribution is 7.41. The Labute approximate surface area is 151 Å². The van der Waals surface area contributed by atoms with Gasteiger partial charge in [0.25, 0.3) is 0 Å². The molecule has 0 amide bonds. The topological polar surface area (TPSA) is 44.8 Å². The quantitative estimate of drug-likeness (QED) is 0.360. The molecule has 0 spiro atoms. The highest BCUT2D eigenvalue weighted by atomic mass is 31.1. The van der Waals surface area contributed by atoms with Gasteiger partial charge in [-0.3, -0.25) is 4.79 Å². The van der Waals surface area contributed by atoms with Crippen LogP contribution in [0.5, 0.6) is 5.75 Å². The van der Waals surface area contributed by atoms with Gasteiger partial charge in [-0.05, 0) is 42.9 Å². The maximum atomic E-state index is 11.9. The summed E-state index contributed by atoms with van der Waals surface area (Å²) in [6.45, 7) is 7.53. The van der Waals surface area contributed by atoms with Gasteiger partial charge in [0.15, 0.2) is 0 Å². The van der Waals surface area contributed by atoms with Crippen LogP contribution in [0, 0.1) is 0 Å². The molecule has 0 aliphatic rings. The van der Waals surface area contributed by atoms with Gasteiger partial charge in [-0.2, -0.15) is 0 Å². The highest BCUT2D eigenvalue weighted by Gasteiger charge is 2.27. The fourth-order valence-electron chi connectivity index (χ4n) is 2.47. The van der Waals surface area contributed by atoms with E-state index in [1.165, 1.54) is 5.39 Å². The molecule has 0 heterocycles. The molecule has 2 aromatic rings. The van der Waals surface area contributed by atoms with Crippen molar-refractivity contribution in [2.24, 2.45) is 0 Å². The van der Waals surface area contributed by atoms with Gasteiger partial charge < -0.3 is 14.2 Å². The molecule has 0 fully saturated rings. The zero-order chi connectivity index (χ0) is 18.1. The molecule has 0 saturated heterocycles. The fraction of sp³-hybridized carbons (Fsp3) is 0.450. The number of carbonyl (C=O) groups excluding carboxylic acids is 1. The maximum Gasteiger partial charge on any atom is 0.315 e. The fourth-order valence-corrected chi connectivity index (χ4v) is 3.57. The second kappa shape index (κ2) is 9.74. The Balaban J connectivity index is 1.61. The Hall–Kier alpha value is -1.64. The summed E-state index contributed by atoms with van der Waals surface area (Å²) in [5.41, 5.74) is 0. The molecule has 1 atom stereocenters. The molecule has 0 saturated carbocycles. The van der Waals surface area contributed by atoms with Crippen LogP contribution in [0.3, 0.4) is 0 Å². The first-order valence-corrected chi connectivity index (χ1v) is 9.85. The lowest BCUT2D eigenvalue weighted by Crippen LogP contribution is -2.30. The molecule has 4 nitrogen and oxygen atoms in total. The first-order chi connectivity index (χ1) is 12.0. The second-order valence-corrected chi connectivity index (χ2v) is 8.57. The molecule has 0 aliphatic heterocycles. The van der Waals surface area contributed by atoms with Crippen LogP contribution in [0.2, 0.25) is 0 Å². The molecule has 5 heteroatoms. The lowest BCUT2D eigenvalue weighted by atomic mass is 10.1. The van der Waals surface area contributed by atoms with Crippen LogP contribution in [0.1, 0.15) is 20.8 Å². The molecule has 0 bridgehead atoms. The highest BCUT2D eigenvalue weighted by Crippen LogP contribution is 2.31. The van der Waals surface area contributed by atoms with Crippen LogP contribution >= 0.6 is 8.58 Å². The summed E-state index contributed by atoms with van der Waals surface area (Å²) in [5, 5.41) is 1.95. The summed E-state index contributed by atoms with van der Waals surface area (Å²) >= 11 is 0. The van der Waals surface area contributed by atoms with E-state index in [-0.39, 0.29) is 12.6 Å². The van der Waals surface area contributed by atoms with Gasteiger partial charge in [-0.15, -0.1) is 8.58 Å². The van der Waals surface area contributed by atoms with Crippen molar-refractivity contribution in [2.45, 2.75) is 25.9 Å². The second-order valence-electron chi connectivity index (χ2n) is 6.26. The van der Waals surface area contributed by atoms with E-state index in [0.29, 0.717) is 28.4 Å². The van der Waals surface area contributed by atoms with E-state index >= 15 is 0 Å². The summed E-state index contributed by atoms with van der Waals surface area (Å²) < 4.78 is 16.4. The summed E-state index contributed by atoms with van der Waals surface area (Å²) in [6.07, 6.45) is 0.991. The zero-order valence-electron chi connectivity index (χ0n) is 15.2. The van der Waals surface area contributed by atoms with Crippen LogP contribution in [0.15, 0.2) is 42.5 Å². The minimum Gasteiger partial charge on any atom is -0.491 e. The SMILES string of the molecule is CCPC(C)(C)C(=O)OCCOCCOc1ccc2ccccc2c1. The lowest BCUT2D eigenvalue weighted by Gasteiger charge is -2.21. The Morgan fingerprint density at radius 1 is 1.00 bits per heavy atom. The number of rotatable bonds is 10. The molecular weight excluding hydrogens is 335 g/mol. The van der Waals surface area contributed by atoms with Crippen molar-refractivity contribution in [3.05, 3.63) is 42.5 Å². The van der Waals surface area contributed by atoms with Crippen molar-refractivity contribution in [2.75, 3.05) is 32.6 Å². The Kier molecular flexibility index (Phi) is 7.67. The summed E-state index contributed by atoms with van der Waals surface area (Å²) in [7, 11) is 0.575. The average molecular weight is 362 g/mol. The summed E-state index contributed by atoms with van der Waals surface area (Å²) in [4.78, 5) is 11.9. The molecule has 1 unspecified atom stereocenters. The first kappa shape index (κ1) is 19.7. The van der Waals surface area contributed by atoms with Gasteiger partial charge >= 0.3 is 5.97 Å². The molecule has 0 aromatic heterocycles. The molecule has 0 aliphatic carbocycles. The minimum atomic E-state index is -0.395. The standard InChI is InChI=1S/C20H27O4P/c1-4-25-20(2,3)19(21)24-14-12-22-11-13-23-18-10-9-16-7-5-6-8-17(16)15-18/h5-10,15,25H,4,11-14H2,1-3H3. The number of esters is 1. The molecule has 0 N–H and O–H groups in total. The number of fused-ring (bicyclic) bond motifs is 1. The molecular formula is C20H27O4P. The number of hydrogen-bond donors (Lipinski definition) is 0. The van der Waals surface area contributed by atoms with Crippen LogP contribution < -0.4 is 4.74 Å². The van der Waals surface area contributed by atoms with Gasteiger partial charge in [-0.1, -0.05) is 37.3 Å². The summed E-state index contributed by atoms with van der Waals surface area (Å²) in [6, 6.07) is 14.2. The predicted octanol–water partition coefficient (Wildman–Crippen LogP) is 4.26. The number of carbonyl (C=O) groups is 1. The number of hydrogen-bond acceptors (Lipinski definition) is 4. The Morgan fingerprint density at radius 3 is 2.48 bits per heavy atom. The average Bonchev–Trinajstić information content (AvgIpc) is 2.60. The van der Waals surface area contributed by atoms with Crippen molar-refractivity contribution >= 4 is 25.3 Å². The normalized spacial score (nSPS) is 12.0. The first-order valence-electron chi connectivity index (χ1n) is 8.64. The smallest absolute Gasteiger partial charge is 0.315 e. The largest absolute Gasteiger partial charge is 0.491 e. The Bertz CT molecular complexity index is 684. The third-order valence-electron chi connectivity index (χ3n) is 3.81. The van der Waals surface area contributed by atoms with Gasteiger partial charge in [0, 0.05) is 0 Å². The minimum absolute atomic E-state index is 0.149. The van der Waals surface area contributed by atoms with E-state index in [1.54, 1.807) is 0 Å². The third-order valence-corrected chi connectivity index (χ3v) is 5.25. The van der Waals surface area contributed by atoms with E-state index < -0.39 is 5.16 Å². The summed E-state index contributed by atoms with van der Waals surface area (Å²) in [5.74, 6) is 0.680. The third kappa shape index (κ3) is 6.30. The van der Waals surface area contributed by atoms with E-state index in [2.05, 4.69) is 19.1 Å². The van der Waals surface area contributed by atoms with Crippen LogP contribution in [-0.4, -0.2) is 43.7 Å². The van der Waals surface area contributed by atoms with E-state index in [4.69, 9.17) is 14.2 Å². The van der Waals surface area contributed by atoms with Gasteiger partial charge in [0.1, 0.15) is 19.0 Å². The van der Waals surface area contributed by atoms with Crippen LogP contribution in [-0.2, 0) is 14.3 Å². The number of ether oxygens (including phenoxy) is 3. The van der Waals surface area contributed by atoms with Crippen LogP contribution in [0.25, 0.3) is 10.8 Å². The number of benzene rings is 2. The van der Waals surface area contributed by atoms with E-state index in [1.807, 2.05) is 44.2 Å². The lowest BCUT2D eigenvalue weighted by molar-refractivity contribution is -0.147. The van der Waals surface area contributed by atoms with Crippen molar-refractivity contribution in [3.63, 3.8) is 0 Å². The van der Waals surface area contributed by atoms with Crippen LogP contribution in [0.4, 0.5) is 0 Å². The van der Waals surface area contributed by atoms with E-state index in [0.717, 1.165) is 17.3 Å². The molecule has 2 rings (SSSR count). The predicted molar refractivity (Wildman–Crippen MR) is 104 cm³/mol. The van der Waals surface area contributed by atoms with Crippen molar-refractivity contribution < 1.29 is 19.0 Å². The molecule has 25 heavy (non-hydrogen) atoms. The van der Waals surface area contributed by atoms with Crippen molar-refractivity contribution in [1.82, 2.24) is 0 Å². The molecule has 136 valence electrons. The van der Waals surface area contributed by atoms with E-state index in [9.17, 15) is 4.79 Å². The monoisotopic (exact) mass is 362 g/mol. The zero-order valence-corrected chi connectivity index (χ0v) is 16.2. The molecule has 2 aromatic carbocycles. The Morgan fingerprint density at radius 2 is 1.72 bits per heavy atom. The maximum absolute atomic E-state index is 11.9. The van der Waals surface area contributed by atoms with Gasteiger partial charge in [0.2, 0.25) is 0 Å². The van der Waals surface area contributed by atoms with Gasteiger partial charge in [-0.25, -0.2) is 0 Å². The van der Waals surface area contributed by atoms with Gasteiger partial charge in [0.05, 0.1) is 18.4 Å². The molecule has 0 radical (unpaired) electrons. The van der Waals surface area contributed by atoms with Crippen molar-refractivity contribution in [1.29, 1.82) is 0 Å². The van der Waals surface area contributed by atoms with Crippen molar-refractivity contribution in [3.8, 4) is 5.75 Å².